The summed E-state index contributed by atoms with van der Waals surface area (Å²) in [6.45, 7) is 0. The minimum atomic E-state index is -0.292. The monoisotopic (exact) mass is 705 g/mol. The van der Waals surface area contributed by atoms with Crippen molar-refractivity contribution in [3.63, 3.8) is 0 Å². The van der Waals surface area contributed by atoms with Crippen LogP contribution in [-0.4, -0.2) is 4.57 Å². The first kappa shape index (κ1) is 30.9. The zero-order valence-electron chi connectivity index (χ0n) is 29.1. The second kappa shape index (κ2) is 12.2. The Labute approximate surface area is 314 Å². The first-order chi connectivity index (χ1) is 25.8. The van der Waals surface area contributed by atoms with Crippen LogP contribution in [0.1, 0.15) is 66.1 Å². The second-order valence-corrected chi connectivity index (χ2v) is 17.1. The molecule has 4 aromatic carbocycles. The Kier molecular flexibility index (Phi) is 7.24. The van der Waals surface area contributed by atoms with Gasteiger partial charge in [-0.1, -0.05) is 157 Å². The van der Waals surface area contributed by atoms with Crippen molar-refractivity contribution in [3.8, 4) is 0 Å². The molecule has 0 saturated heterocycles. The van der Waals surface area contributed by atoms with Crippen LogP contribution in [0.2, 0.25) is 0 Å². The molecular formula is C49H39NS2. The fourth-order valence-electron chi connectivity index (χ4n) is 10.0. The number of thioether (sulfide) groups is 1. The lowest BCUT2D eigenvalue weighted by atomic mass is 9.60. The normalized spacial score (nSPS) is 22.4. The van der Waals surface area contributed by atoms with E-state index in [1.54, 1.807) is 16.1 Å². The summed E-state index contributed by atoms with van der Waals surface area (Å²) in [5.41, 5.74) is 14.4. The zero-order chi connectivity index (χ0) is 34.2. The van der Waals surface area contributed by atoms with Crippen molar-refractivity contribution in [1.82, 2.24) is 4.57 Å². The minimum Gasteiger partial charge on any atom is -0.337 e. The average Bonchev–Trinajstić information content (AvgIpc) is 3.55. The molecule has 0 bridgehead atoms. The van der Waals surface area contributed by atoms with Gasteiger partial charge in [0, 0.05) is 42.8 Å². The maximum absolute atomic E-state index is 2.66. The Morgan fingerprint density at radius 2 is 1.44 bits per heavy atom. The number of allylic oxidation sites excluding steroid dienone is 12. The van der Waals surface area contributed by atoms with Gasteiger partial charge in [-0.25, -0.2) is 0 Å². The summed E-state index contributed by atoms with van der Waals surface area (Å²) in [4.78, 5) is 5.83. The topological polar surface area (TPSA) is 4.93 Å². The molecule has 52 heavy (non-hydrogen) atoms. The second-order valence-electron chi connectivity index (χ2n) is 14.9. The van der Waals surface area contributed by atoms with Crippen LogP contribution >= 0.6 is 23.5 Å². The molecule has 2 aliphatic heterocycles. The Hall–Kier alpha value is -4.70. The minimum absolute atomic E-state index is 0.292. The number of hydrogen-bond donors (Lipinski definition) is 0. The number of fused-ring (bicyclic) bond motifs is 9. The summed E-state index contributed by atoms with van der Waals surface area (Å²) in [7, 11) is 0. The Morgan fingerprint density at radius 1 is 0.673 bits per heavy atom. The van der Waals surface area contributed by atoms with Crippen molar-refractivity contribution in [3.05, 3.63) is 200 Å². The van der Waals surface area contributed by atoms with E-state index in [0.29, 0.717) is 12.0 Å². The molecule has 1 spiro atoms. The lowest BCUT2D eigenvalue weighted by Gasteiger charge is -2.49. The fraction of sp³-hybridized carbons (Fsp3) is 0.184. The van der Waals surface area contributed by atoms with Crippen LogP contribution < -0.4 is 0 Å². The third kappa shape index (κ3) is 4.58. The molecule has 0 N–H and O–H groups in total. The molecule has 5 aromatic rings. The molecule has 0 fully saturated rings. The summed E-state index contributed by atoms with van der Waals surface area (Å²) < 4.78 is 2.66. The van der Waals surface area contributed by atoms with Crippen LogP contribution in [0, 0.1) is 5.92 Å². The van der Waals surface area contributed by atoms with E-state index in [1.807, 2.05) is 11.8 Å². The molecule has 1 aromatic heterocycles. The lowest BCUT2D eigenvalue weighted by molar-refractivity contribution is 0.566. The van der Waals surface area contributed by atoms with E-state index < -0.39 is 0 Å². The van der Waals surface area contributed by atoms with Gasteiger partial charge in [0.15, 0.2) is 0 Å². The van der Waals surface area contributed by atoms with Gasteiger partial charge in [-0.3, -0.25) is 0 Å². The predicted molar refractivity (Wildman–Crippen MR) is 220 cm³/mol. The van der Waals surface area contributed by atoms with Gasteiger partial charge < -0.3 is 4.57 Å². The molecule has 2 unspecified atom stereocenters. The molecule has 0 radical (unpaired) electrons. The molecule has 6 aliphatic rings. The van der Waals surface area contributed by atoms with E-state index in [9.17, 15) is 0 Å². The van der Waals surface area contributed by atoms with Crippen molar-refractivity contribution < 1.29 is 0 Å². The largest absolute Gasteiger partial charge is 0.337 e. The number of hydrogen-bond acceptors (Lipinski definition) is 2. The van der Waals surface area contributed by atoms with Gasteiger partial charge in [-0.15, -0.1) is 0 Å². The number of para-hydroxylation sites is 1. The molecule has 4 aliphatic carbocycles. The molecule has 0 saturated carbocycles. The Bertz CT molecular complexity index is 2480. The molecule has 11 rings (SSSR count). The van der Waals surface area contributed by atoms with E-state index >= 15 is 0 Å². The van der Waals surface area contributed by atoms with Gasteiger partial charge in [-0.05, 0) is 101 Å². The standard InChI is InChI=1S/C49H39NS2/c1-3-13-32(14-4-1)33-25-28-47-42(29-33)49(39-18-8-11-21-45(39)51-46-22-12-9-19-40(46)49)41-27-24-35(31-48(41)52-47)34-23-26-38-37-17-7-10-20-43(37)50(44(38)30-34)36-15-5-2-6-16-36/h1-15,17-23,26,29,31,34,36H,16,24-25,27-28,30H2. The quantitative estimate of drug-likeness (QED) is 0.184. The van der Waals surface area contributed by atoms with Gasteiger partial charge in [-0.2, -0.15) is 0 Å². The fourth-order valence-corrected chi connectivity index (χ4v) is 12.6. The summed E-state index contributed by atoms with van der Waals surface area (Å²) in [5.74, 6) is 0.400. The SMILES string of the molecule is C1=CCC(n2c3c(c4ccccc42)C=CC(C2=CC4=C(CC2)C2(C5=C(CCC(c6ccccc6)=C5)S4)c4ccccc4Sc4ccccc42)C3)C=C1. The summed E-state index contributed by atoms with van der Waals surface area (Å²) >= 11 is 4.03. The van der Waals surface area contributed by atoms with Crippen molar-refractivity contribution >= 4 is 46.1 Å². The van der Waals surface area contributed by atoms with E-state index in [4.69, 9.17) is 0 Å². The summed E-state index contributed by atoms with van der Waals surface area (Å²) in [6, 6.07) is 39.1. The van der Waals surface area contributed by atoms with Crippen LogP contribution in [-0.2, 0) is 11.8 Å². The summed E-state index contributed by atoms with van der Waals surface area (Å²) in [6.07, 6.45) is 25.8. The van der Waals surface area contributed by atoms with Crippen molar-refractivity contribution in [2.75, 3.05) is 0 Å². The van der Waals surface area contributed by atoms with Crippen LogP contribution in [0.25, 0.3) is 22.6 Å². The van der Waals surface area contributed by atoms with E-state index in [2.05, 4.69) is 168 Å². The number of benzene rings is 4. The number of rotatable bonds is 3. The number of nitrogens with zero attached hydrogens (tertiary/aromatic N) is 1. The molecule has 0 amide bonds. The highest BCUT2D eigenvalue weighted by Gasteiger charge is 2.51. The molecule has 1 nitrogen and oxygen atoms in total. The highest BCUT2D eigenvalue weighted by atomic mass is 32.2. The van der Waals surface area contributed by atoms with Crippen LogP contribution in [0.5, 0.6) is 0 Å². The van der Waals surface area contributed by atoms with Gasteiger partial charge in [0.25, 0.3) is 0 Å². The third-order valence-electron chi connectivity index (χ3n) is 12.3. The molecule has 3 heterocycles. The third-order valence-corrected chi connectivity index (χ3v) is 14.7. The summed E-state index contributed by atoms with van der Waals surface area (Å²) in [5, 5.41) is 1.38. The van der Waals surface area contributed by atoms with E-state index in [-0.39, 0.29) is 5.41 Å². The highest BCUT2D eigenvalue weighted by molar-refractivity contribution is 8.07. The first-order valence-electron chi connectivity index (χ1n) is 18.9. The molecular weight excluding hydrogens is 667 g/mol. The van der Waals surface area contributed by atoms with Gasteiger partial charge in [0.1, 0.15) is 0 Å². The zero-order valence-corrected chi connectivity index (χ0v) is 30.7. The lowest BCUT2D eigenvalue weighted by Crippen LogP contribution is -2.39. The Balaban J connectivity index is 1.07. The van der Waals surface area contributed by atoms with Gasteiger partial charge >= 0.3 is 0 Å². The highest BCUT2D eigenvalue weighted by Crippen LogP contribution is 2.65. The molecule has 252 valence electrons. The van der Waals surface area contributed by atoms with E-state index in [1.165, 1.54) is 64.7 Å². The van der Waals surface area contributed by atoms with E-state index in [0.717, 1.165) is 38.5 Å². The predicted octanol–water partition coefficient (Wildman–Crippen LogP) is 13.2. The smallest absolute Gasteiger partial charge is 0.0705 e. The molecule has 2 atom stereocenters. The van der Waals surface area contributed by atoms with Crippen LogP contribution in [0.15, 0.2) is 182 Å². The van der Waals surface area contributed by atoms with Gasteiger partial charge in [0.05, 0.1) is 11.5 Å². The van der Waals surface area contributed by atoms with Crippen molar-refractivity contribution in [1.29, 1.82) is 0 Å². The van der Waals surface area contributed by atoms with Crippen molar-refractivity contribution in [2.24, 2.45) is 5.92 Å². The van der Waals surface area contributed by atoms with Crippen LogP contribution in [0.4, 0.5) is 0 Å². The van der Waals surface area contributed by atoms with Gasteiger partial charge in [0.2, 0.25) is 0 Å². The van der Waals surface area contributed by atoms with Crippen LogP contribution in [0.3, 0.4) is 0 Å². The first-order valence-corrected chi connectivity index (χ1v) is 20.5. The Morgan fingerprint density at radius 3 is 2.25 bits per heavy atom. The molecule has 3 heteroatoms. The average molecular weight is 706 g/mol. The maximum Gasteiger partial charge on any atom is 0.0705 e. The van der Waals surface area contributed by atoms with Crippen molar-refractivity contribution in [2.45, 2.75) is 59.8 Å². The maximum atomic E-state index is 2.66. The number of aromatic nitrogens is 1.